The maximum Gasteiger partial charge on any atom is 0.238 e. The first-order chi connectivity index (χ1) is 13.6. The van der Waals surface area contributed by atoms with E-state index in [4.69, 9.17) is 4.74 Å². The Kier molecular flexibility index (Phi) is 5.34. The fourth-order valence-corrected chi connectivity index (χ4v) is 3.92. The Labute approximate surface area is 166 Å². The number of carbonyl (C=O) groups is 1. The fourth-order valence-electron chi connectivity index (χ4n) is 2.84. The van der Waals surface area contributed by atoms with Crippen LogP contribution in [-0.2, 0) is 4.79 Å². The van der Waals surface area contributed by atoms with Gasteiger partial charge < -0.3 is 10.1 Å². The number of nitrogens with zero attached hydrogens (tertiary/aromatic N) is 2. The maximum atomic E-state index is 13.4. The molecule has 1 atom stereocenters. The van der Waals surface area contributed by atoms with Gasteiger partial charge in [0.05, 0.1) is 7.11 Å². The predicted octanol–water partition coefficient (Wildman–Crippen LogP) is 4.13. The van der Waals surface area contributed by atoms with Crippen LogP contribution in [0.5, 0.6) is 5.75 Å². The highest BCUT2D eigenvalue weighted by Gasteiger charge is 2.30. The lowest BCUT2D eigenvalue weighted by molar-refractivity contribution is -0.120. The number of amides is 1. The molecule has 1 saturated carbocycles. The molecule has 1 aliphatic carbocycles. The molecule has 1 N–H and O–H groups in total. The standard InChI is InChI=1S/C21H20FN3O2S/c1-27-18-10-8-17(9-11-18)25-13-12-23-21(25)28-19(20(26)24-16-6-7-16)14-2-4-15(22)5-3-14/h2-5,8-13,16,19H,6-7H2,1H3,(H,24,26). The Morgan fingerprint density at radius 1 is 1.21 bits per heavy atom. The number of benzene rings is 2. The van der Waals surface area contributed by atoms with Crippen molar-refractivity contribution in [3.05, 3.63) is 72.3 Å². The van der Waals surface area contributed by atoms with Crippen molar-refractivity contribution in [2.24, 2.45) is 0 Å². The zero-order chi connectivity index (χ0) is 19.5. The van der Waals surface area contributed by atoms with Gasteiger partial charge in [0.25, 0.3) is 0 Å². The summed E-state index contributed by atoms with van der Waals surface area (Å²) >= 11 is 1.35. The van der Waals surface area contributed by atoms with Gasteiger partial charge in [-0.3, -0.25) is 9.36 Å². The van der Waals surface area contributed by atoms with E-state index in [1.807, 2.05) is 35.0 Å². The van der Waals surface area contributed by atoms with Crippen LogP contribution in [0.25, 0.3) is 5.69 Å². The molecule has 0 bridgehead atoms. The monoisotopic (exact) mass is 397 g/mol. The number of hydrogen-bond donors (Lipinski definition) is 1. The minimum absolute atomic E-state index is 0.0802. The summed E-state index contributed by atoms with van der Waals surface area (Å²) in [7, 11) is 1.62. The van der Waals surface area contributed by atoms with Gasteiger partial charge in [0, 0.05) is 24.1 Å². The molecular weight excluding hydrogens is 377 g/mol. The molecule has 28 heavy (non-hydrogen) atoms. The molecule has 4 rings (SSSR count). The molecule has 0 radical (unpaired) electrons. The van der Waals surface area contributed by atoms with Gasteiger partial charge in [0.15, 0.2) is 5.16 Å². The predicted molar refractivity (Wildman–Crippen MR) is 106 cm³/mol. The SMILES string of the molecule is COc1ccc(-n2ccnc2SC(C(=O)NC2CC2)c2ccc(F)cc2)cc1. The highest BCUT2D eigenvalue weighted by molar-refractivity contribution is 8.00. The van der Waals surface area contributed by atoms with Crippen molar-refractivity contribution in [1.29, 1.82) is 0 Å². The number of rotatable bonds is 7. The summed E-state index contributed by atoms with van der Waals surface area (Å²) in [5.41, 5.74) is 1.66. The van der Waals surface area contributed by atoms with Crippen molar-refractivity contribution in [2.45, 2.75) is 29.3 Å². The zero-order valence-electron chi connectivity index (χ0n) is 15.3. The van der Waals surface area contributed by atoms with Crippen molar-refractivity contribution >= 4 is 17.7 Å². The third-order valence-electron chi connectivity index (χ3n) is 4.52. The number of nitrogens with one attached hydrogen (secondary N) is 1. The molecule has 1 heterocycles. The molecule has 1 aromatic heterocycles. The molecule has 1 aliphatic rings. The molecule has 1 amide bonds. The summed E-state index contributed by atoms with van der Waals surface area (Å²) < 4.78 is 20.5. The van der Waals surface area contributed by atoms with Crippen LogP contribution >= 0.6 is 11.8 Å². The topological polar surface area (TPSA) is 56.2 Å². The summed E-state index contributed by atoms with van der Waals surface area (Å²) in [5, 5.41) is 3.22. The van der Waals surface area contributed by atoms with Crippen LogP contribution in [0.2, 0.25) is 0 Å². The molecule has 2 aromatic carbocycles. The molecular formula is C21H20FN3O2S. The summed E-state index contributed by atoms with van der Waals surface area (Å²) in [6.45, 7) is 0. The fraction of sp³-hybridized carbons (Fsp3) is 0.238. The van der Waals surface area contributed by atoms with E-state index in [2.05, 4.69) is 10.3 Å². The number of ether oxygens (including phenoxy) is 1. The minimum Gasteiger partial charge on any atom is -0.497 e. The third kappa shape index (κ3) is 4.20. The first kappa shape index (κ1) is 18.6. The number of carbonyl (C=O) groups excluding carboxylic acids is 1. The van der Waals surface area contributed by atoms with Gasteiger partial charge in [-0.25, -0.2) is 9.37 Å². The van der Waals surface area contributed by atoms with Gasteiger partial charge in [-0.05, 0) is 54.8 Å². The van der Waals surface area contributed by atoms with E-state index in [1.165, 1.54) is 23.9 Å². The normalized spacial score (nSPS) is 14.5. The summed E-state index contributed by atoms with van der Waals surface area (Å²) in [4.78, 5) is 17.3. The quantitative estimate of drug-likeness (QED) is 0.609. The second-order valence-corrected chi connectivity index (χ2v) is 7.68. The van der Waals surface area contributed by atoms with Crippen molar-refractivity contribution in [3.63, 3.8) is 0 Å². The molecule has 144 valence electrons. The van der Waals surface area contributed by atoms with E-state index in [0.717, 1.165) is 29.8 Å². The van der Waals surface area contributed by atoms with Crippen LogP contribution in [0.15, 0.2) is 66.1 Å². The van der Waals surface area contributed by atoms with Gasteiger partial charge in [0.2, 0.25) is 5.91 Å². The summed E-state index contributed by atoms with van der Waals surface area (Å²) in [6, 6.07) is 13.9. The highest BCUT2D eigenvalue weighted by atomic mass is 32.2. The number of halogens is 1. The molecule has 0 aliphatic heterocycles. The number of hydrogen-bond acceptors (Lipinski definition) is 4. The molecule has 7 heteroatoms. The van der Waals surface area contributed by atoms with Crippen LogP contribution in [0.4, 0.5) is 4.39 Å². The second-order valence-electron chi connectivity index (χ2n) is 6.61. The Balaban J connectivity index is 1.62. The molecule has 1 fully saturated rings. The van der Waals surface area contributed by atoms with Crippen molar-refractivity contribution in [2.75, 3.05) is 7.11 Å². The van der Waals surface area contributed by atoms with Gasteiger partial charge in [-0.2, -0.15) is 0 Å². The van der Waals surface area contributed by atoms with Gasteiger partial charge >= 0.3 is 0 Å². The Hall–Kier alpha value is -2.80. The zero-order valence-corrected chi connectivity index (χ0v) is 16.2. The Morgan fingerprint density at radius 3 is 2.57 bits per heavy atom. The lowest BCUT2D eigenvalue weighted by atomic mass is 10.1. The Morgan fingerprint density at radius 2 is 1.93 bits per heavy atom. The first-order valence-electron chi connectivity index (χ1n) is 9.04. The van der Waals surface area contributed by atoms with Gasteiger partial charge in [-0.1, -0.05) is 23.9 Å². The van der Waals surface area contributed by atoms with E-state index in [1.54, 1.807) is 25.4 Å². The number of imidazole rings is 1. The minimum atomic E-state index is -0.513. The van der Waals surface area contributed by atoms with Gasteiger partial charge in [-0.15, -0.1) is 0 Å². The van der Waals surface area contributed by atoms with E-state index in [9.17, 15) is 9.18 Å². The van der Waals surface area contributed by atoms with E-state index in [0.29, 0.717) is 5.16 Å². The largest absolute Gasteiger partial charge is 0.497 e. The first-order valence-corrected chi connectivity index (χ1v) is 9.92. The lowest BCUT2D eigenvalue weighted by Crippen LogP contribution is -2.30. The number of aromatic nitrogens is 2. The van der Waals surface area contributed by atoms with Crippen molar-refractivity contribution in [1.82, 2.24) is 14.9 Å². The smallest absolute Gasteiger partial charge is 0.238 e. The van der Waals surface area contributed by atoms with Gasteiger partial charge in [0.1, 0.15) is 16.8 Å². The number of methoxy groups -OCH3 is 1. The number of thioether (sulfide) groups is 1. The third-order valence-corrected chi connectivity index (χ3v) is 5.75. The maximum absolute atomic E-state index is 13.4. The van der Waals surface area contributed by atoms with Crippen LogP contribution < -0.4 is 10.1 Å². The molecule has 3 aromatic rings. The average Bonchev–Trinajstić information content (AvgIpc) is 3.41. The second kappa shape index (κ2) is 8.06. The Bertz CT molecular complexity index is 953. The van der Waals surface area contributed by atoms with E-state index < -0.39 is 5.25 Å². The van der Waals surface area contributed by atoms with Crippen LogP contribution in [0, 0.1) is 5.82 Å². The average molecular weight is 397 g/mol. The lowest BCUT2D eigenvalue weighted by Gasteiger charge is -2.17. The van der Waals surface area contributed by atoms with Crippen molar-refractivity contribution in [3.8, 4) is 11.4 Å². The molecule has 1 unspecified atom stereocenters. The van der Waals surface area contributed by atoms with Crippen LogP contribution in [0.1, 0.15) is 23.7 Å². The summed E-state index contributed by atoms with van der Waals surface area (Å²) in [6.07, 6.45) is 5.57. The summed E-state index contributed by atoms with van der Waals surface area (Å²) in [5.74, 6) is 0.365. The van der Waals surface area contributed by atoms with E-state index >= 15 is 0 Å². The van der Waals surface area contributed by atoms with Crippen LogP contribution in [0.3, 0.4) is 0 Å². The molecule has 5 nitrogen and oxygen atoms in total. The molecule has 0 saturated heterocycles. The highest BCUT2D eigenvalue weighted by Crippen LogP contribution is 2.36. The van der Waals surface area contributed by atoms with Crippen LogP contribution in [-0.4, -0.2) is 28.6 Å². The molecule has 0 spiro atoms. The van der Waals surface area contributed by atoms with E-state index in [-0.39, 0.29) is 17.8 Å². The van der Waals surface area contributed by atoms with Crippen molar-refractivity contribution < 1.29 is 13.9 Å².